The summed E-state index contributed by atoms with van der Waals surface area (Å²) in [7, 11) is 0. The molecule has 0 aromatic rings. The summed E-state index contributed by atoms with van der Waals surface area (Å²) in [6.07, 6.45) is 8.15. The first-order valence-electron chi connectivity index (χ1n) is 6.41. The van der Waals surface area contributed by atoms with Crippen molar-refractivity contribution in [3.8, 4) is 0 Å². The van der Waals surface area contributed by atoms with Crippen LogP contribution in [0.25, 0.3) is 0 Å². The van der Waals surface area contributed by atoms with Gasteiger partial charge in [0.2, 0.25) is 5.91 Å². The fourth-order valence-corrected chi connectivity index (χ4v) is 2.17. The second-order valence-corrected chi connectivity index (χ2v) is 4.98. The maximum absolute atomic E-state index is 12.1. The molecule has 2 N–H and O–H groups in total. The monoisotopic (exact) mass is 267 g/mol. The van der Waals surface area contributed by atoms with Crippen LogP contribution in [0.15, 0.2) is 25.0 Å². The van der Waals surface area contributed by atoms with E-state index in [0.29, 0.717) is 19.3 Å². The van der Waals surface area contributed by atoms with E-state index >= 15 is 0 Å². The molecular formula is C14H21NO4. The number of nitrogens with one attached hydrogen (secondary N) is 1. The largest absolute Gasteiger partial charge is 0.495 e. The molecule has 19 heavy (non-hydrogen) atoms. The lowest BCUT2D eigenvalue weighted by Gasteiger charge is -2.30. The van der Waals surface area contributed by atoms with Crippen LogP contribution in [0.3, 0.4) is 0 Å². The first-order chi connectivity index (χ1) is 8.98. The lowest BCUT2D eigenvalue weighted by Crippen LogP contribution is -2.42. The molecule has 0 aromatic heterocycles. The third kappa shape index (κ3) is 4.77. The van der Waals surface area contributed by atoms with Gasteiger partial charge in [-0.2, -0.15) is 0 Å². The number of carbonyl (C=O) groups is 2. The summed E-state index contributed by atoms with van der Waals surface area (Å²) in [5, 5.41) is 11.1. The van der Waals surface area contributed by atoms with Gasteiger partial charge in [0.05, 0.1) is 6.26 Å². The van der Waals surface area contributed by atoms with Crippen molar-refractivity contribution in [3.05, 3.63) is 25.0 Å². The van der Waals surface area contributed by atoms with Crippen molar-refractivity contribution in [2.45, 2.75) is 38.7 Å². The number of allylic oxidation sites excluding steroid dienone is 1. The molecule has 0 aliphatic heterocycles. The summed E-state index contributed by atoms with van der Waals surface area (Å²) in [5.74, 6) is -1.24. The Balaban J connectivity index is 2.64. The number of aliphatic carboxylic acids is 1. The fraction of sp³-hybridized carbons (Fsp3) is 0.571. The molecule has 0 saturated heterocycles. The lowest BCUT2D eigenvalue weighted by molar-refractivity contribution is -0.140. The molecule has 5 heteroatoms. The molecule has 0 aromatic carbocycles. The van der Waals surface area contributed by atoms with E-state index in [4.69, 9.17) is 9.84 Å². The number of carboxylic acids is 1. The fourth-order valence-electron chi connectivity index (χ4n) is 2.17. The first-order valence-corrected chi connectivity index (χ1v) is 6.41. The van der Waals surface area contributed by atoms with Crippen LogP contribution in [0.2, 0.25) is 0 Å². The Labute approximate surface area is 113 Å². The minimum absolute atomic E-state index is 0.0654. The lowest BCUT2D eigenvalue weighted by atomic mass is 9.78. The van der Waals surface area contributed by atoms with E-state index in [-0.39, 0.29) is 18.6 Å². The summed E-state index contributed by atoms with van der Waals surface area (Å²) >= 11 is 0. The van der Waals surface area contributed by atoms with E-state index in [9.17, 15) is 9.59 Å². The summed E-state index contributed by atoms with van der Waals surface area (Å²) in [6.45, 7) is 5.06. The van der Waals surface area contributed by atoms with Crippen molar-refractivity contribution in [3.63, 3.8) is 0 Å². The molecule has 0 bridgehead atoms. The van der Waals surface area contributed by atoms with E-state index in [2.05, 4.69) is 11.9 Å². The van der Waals surface area contributed by atoms with Gasteiger partial charge >= 0.3 is 5.97 Å². The molecule has 5 nitrogen and oxygen atoms in total. The first kappa shape index (κ1) is 15.3. The van der Waals surface area contributed by atoms with Crippen LogP contribution < -0.4 is 5.32 Å². The van der Waals surface area contributed by atoms with Gasteiger partial charge < -0.3 is 15.2 Å². The average Bonchev–Trinajstić information content (AvgIpc) is 2.35. The number of rotatable bonds is 5. The van der Waals surface area contributed by atoms with Crippen LogP contribution in [0.1, 0.15) is 32.6 Å². The number of hydrogen-bond acceptors (Lipinski definition) is 3. The molecule has 0 saturated carbocycles. The van der Waals surface area contributed by atoms with Gasteiger partial charge in [-0.1, -0.05) is 19.6 Å². The zero-order chi connectivity index (χ0) is 14.3. The molecule has 0 fully saturated rings. The van der Waals surface area contributed by atoms with Crippen molar-refractivity contribution in [1.29, 1.82) is 0 Å². The predicted molar refractivity (Wildman–Crippen MR) is 71.4 cm³/mol. The van der Waals surface area contributed by atoms with Gasteiger partial charge in [-0.05, 0) is 31.8 Å². The molecule has 1 rings (SSSR count). The van der Waals surface area contributed by atoms with Gasteiger partial charge in [0.25, 0.3) is 0 Å². The third-order valence-corrected chi connectivity index (χ3v) is 3.41. The Hall–Kier alpha value is -1.78. The van der Waals surface area contributed by atoms with Crippen molar-refractivity contribution < 1.29 is 19.4 Å². The second kappa shape index (κ2) is 6.97. The van der Waals surface area contributed by atoms with Crippen molar-refractivity contribution in [1.82, 2.24) is 5.32 Å². The van der Waals surface area contributed by atoms with Crippen LogP contribution in [0.5, 0.6) is 0 Å². The maximum Gasteiger partial charge on any atom is 0.322 e. The molecule has 1 aliphatic rings. The molecule has 0 spiro atoms. The summed E-state index contributed by atoms with van der Waals surface area (Å²) in [4.78, 5) is 22.6. The van der Waals surface area contributed by atoms with E-state index in [1.165, 1.54) is 6.26 Å². The Bertz CT molecular complexity index is 378. The summed E-state index contributed by atoms with van der Waals surface area (Å²) < 4.78 is 5.34. The van der Waals surface area contributed by atoms with E-state index in [0.717, 1.165) is 6.42 Å². The zero-order valence-corrected chi connectivity index (χ0v) is 11.2. The van der Waals surface area contributed by atoms with Crippen LogP contribution in [0, 0.1) is 5.41 Å². The molecule has 0 radical (unpaired) electrons. The highest BCUT2D eigenvalue weighted by Gasteiger charge is 2.33. The Morgan fingerprint density at radius 2 is 2.32 bits per heavy atom. The van der Waals surface area contributed by atoms with Gasteiger partial charge in [-0.15, -0.1) is 0 Å². The molecule has 2 atom stereocenters. The van der Waals surface area contributed by atoms with Gasteiger partial charge in [0.15, 0.2) is 0 Å². The Kier molecular flexibility index (Phi) is 5.60. The number of carboxylic acid groups (broad SMARTS) is 1. The highest BCUT2D eigenvalue weighted by atomic mass is 16.5. The number of carbonyl (C=O) groups excluding carboxylic acids is 1. The van der Waals surface area contributed by atoms with E-state index in [1.807, 2.05) is 19.1 Å². The SMILES string of the molecule is C=CO[C@@H]1/C=C/CC[C@](C)(C(=O)NCC(=O)O)CC1. The third-order valence-electron chi connectivity index (χ3n) is 3.41. The summed E-state index contributed by atoms with van der Waals surface area (Å²) in [6, 6.07) is 0. The highest BCUT2D eigenvalue weighted by Crippen LogP contribution is 2.32. The normalized spacial score (nSPS) is 28.6. The van der Waals surface area contributed by atoms with Gasteiger partial charge in [0, 0.05) is 5.41 Å². The van der Waals surface area contributed by atoms with Gasteiger partial charge in [-0.3, -0.25) is 9.59 Å². The second-order valence-electron chi connectivity index (χ2n) is 4.98. The number of ether oxygens (including phenoxy) is 1. The maximum atomic E-state index is 12.1. The zero-order valence-electron chi connectivity index (χ0n) is 11.2. The van der Waals surface area contributed by atoms with Gasteiger partial charge in [-0.25, -0.2) is 0 Å². The van der Waals surface area contributed by atoms with Crippen LogP contribution >= 0.6 is 0 Å². The quantitative estimate of drug-likeness (QED) is 0.589. The standard InChI is InChI=1S/C14H21NO4/c1-3-19-11-6-4-5-8-14(2,9-7-11)13(18)15-10-12(16)17/h3-4,6,11H,1,5,7-10H2,2H3,(H,15,18)(H,16,17)/b6-4+/t11-,14+/m1/s1. The minimum atomic E-state index is -1.03. The van der Waals surface area contributed by atoms with Crippen LogP contribution in [0.4, 0.5) is 0 Å². The molecule has 1 aliphatic carbocycles. The average molecular weight is 267 g/mol. The van der Waals surface area contributed by atoms with E-state index in [1.54, 1.807) is 0 Å². The molecular weight excluding hydrogens is 246 g/mol. The highest BCUT2D eigenvalue weighted by molar-refractivity contribution is 5.85. The Morgan fingerprint density at radius 3 is 2.95 bits per heavy atom. The summed E-state index contributed by atoms with van der Waals surface area (Å²) in [5.41, 5.74) is -0.553. The molecule has 106 valence electrons. The van der Waals surface area contributed by atoms with Crippen LogP contribution in [-0.4, -0.2) is 29.6 Å². The van der Waals surface area contributed by atoms with Gasteiger partial charge in [0.1, 0.15) is 12.6 Å². The molecule has 1 amide bonds. The van der Waals surface area contributed by atoms with Crippen molar-refractivity contribution in [2.75, 3.05) is 6.54 Å². The topological polar surface area (TPSA) is 75.6 Å². The van der Waals surface area contributed by atoms with E-state index < -0.39 is 11.4 Å². The molecule has 0 unspecified atom stereocenters. The van der Waals surface area contributed by atoms with Crippen LogP contribution in [-0.2, 0) is 14.3 Å². The number of hydrogen-bond donors (Lipinski definition) is 2. The minimum Gasteiger partial charge on any atom is -0.495 e. The predicted octanol–water partition coefficient (Wildman–Crippen LogP) is 1.85. The number of amides is 1. The molecule has 0 heterocycles. The van der Waals surface area contributed by atoms with Crippen molar-refractivity contribution >= 4 is 11.9 Å². The smallest absolute Gasteiger partial charge is 0.322 e. The van der Waals surface area contributed by atoms with Crippen molar-refractivity contribution in [2.24, 2.45) is 5.41 Å². The Morgan fingerprint density at radius 1 is 1.58 bits per heavy atom.